The molecule has 6 heteroatoms. The van der Waals surface area contributed by atoms with Crippen molar-refractivity contribution in [1.82, 2.24) is 5.32 Å². The Labute approximate surface area is 92.7 Å². The number of nitrogens with one attached hydrogen (secondary N) is 1. The monoisotopic (exact) mass is 226 g/mol. The van der Waals surface area contributed by atoms with Crippen LogP contribution in [-0.2, 0) is 6.54 Å². The molecule has 0 aromatic heterocycles. The summed E-state index contributed by atoms with van der Waals surface area (Å²) in [4.78, 5) is 10.0. The van der Waals surface area contributed by atoms with Crippen molar-refractivity contribution in [3.05, 3.63) is 39.9 Å². The van der Waals surface area contributed by atoms with Crippen molar-refractivity contribution in [2.24, 2.45) is 0 Å². The highest BCUT2D eigenvalue weighted by Crippen LogP contribution is 2.12. The Balaban J connectivity index is 2.48. The maximum atomic E-state index is 10.5. The van der Waals surface area contributed by atoms with E-state index >= 15 is 0 Å². The Morgan fingerprint density at radius 3 is 2.88 bits per heavy atom. The van der Waals surface area contributed by atoms with E-state index < -0.39 is 11.0 Å². The molecule has 3 N–H and O–H groups in total. The fourth-order valence-corrected chi connectivity index (χ4v) is 1.23. The molecule has 0 amide bonds. The van der Waals surface area contributed by atoms with E-state index in [-0.39, 0.29) is 18.8 Å². The minimum Gasteiger partial charge on any atom is -0.394 e. The van der Waals surface area contributed by atoms with Crippen LogP contribution in [0.3, 0.4) is 0 Å². The van der Waals surface area contributed by atoms with Crippen LogP contribution in [0.4, 0.5) is 5.69 Å². The molecule has 0 aliphatic carbocycles. The molecule has 16 heavy (non-hydrogen) atoms. The Morgan fingerprint density at radius 1 is 1.50 bits per heavy atom. The van der Waals surface area contributed by atoms with Crippen LogP contribution in [0.1, 0.15) is 5.56 Å². The normalized spacial score (nSPS) is 12.4. The largest absolute Gasteiger partial charge is 0.394 e. The molecular formula is C10H14N2O4. The van der Waals surface area contributed by atoms with Gasteiger partial charge in [0.1, 0.15) is 0 Å². The number of nitro groups is 1. The lowest BCUT2D eigenvalue weighted by Crippen LogP contribution is -2.28. The zero-order valence-electron chi connectivity index (χ0n) is 8.67. The third kappa shape index (κ3) is 3.93. The minimum absolute atomic E-state index is 0.0435. The van der Waals surface area contributed by atoms with E-state index in [0.29, 0.717) is 6.54 Å². The van der Waals surface area contributed by atoms with Gasteiger partial charge in [-0.1, -0.05) is 12.1 Å². The zero-order valence-corrected chi connectivity index (χ0v) is 8.67. The third-order valence-corrected chi connectivity index (χ3v) is 2.04. The van der Waals surface area contributed by atoms with Crippen LogP contribution in [0, 0.1) is 10.1 Å². The van der Waals surface area contributed by atoms with Crippen molar-refractivity contribution in [3.8, 4) is 0 Å². The third-order valence-electron chi connectivity index (χ3n) is 2.04. The van der Waals surface area contributed by atoms with Crippen LogP contribution in [0.5, 0.6) is 0 Å². The van der Waals surface area contributed by atoms with Gasteiger partial charge in [-0.2, -0.15) is 0 Å². The van der Waals surface area contributed by atoms with Crippen molar-refractivity contribution in [3.63, 3.8) is 0 Å². The van der Waals surface area contributed by atoms with Gasteiger partial charge in [-0.25, -0.2) is 0 Å². The first-order chi connectivity index (χ1) is 7.63. The van der Waals surface area contributed by atoms with Gasteiger partial charge in [0.05, 0.1) is 17.6 Å². The molecular weight excluding hydrogens is 212 g/mol. The molecule has 1 atom stereocenters. The number of hydrogen-bond acceptors (Lipinski definition) is 5. The van der Waals surface area contributed by atoms with Gasteiger partial charge in [0, 0.05) is 25.2 Å². The van der Waals surface area contributed by atoms with E-state index in [2.05, 4.69) is 5.32 Å². The molecule has 0 fully saturated rings. The number of aliphatic hydroxyl groups is 2. The molecule has 1 aromatic rings. The summed E-state index contributed by atoms with van der Waals surface area (Å²) < 4.78 is 0. The summed E-state index contributed by atoms with van der Waals surface area (Å²) in [5.41, 5.74) is 0.807. The van der Waals surface area contributed by atoms with E-state index in [1.165, 1.54) is 12.1 Å². The van der Waals surface area contributed by atoms with Crippen LogP contribution < -0.4 is 5.32 Å². The van der Waals surface area contributed by atoms with Crippen LogP contribution in [-0.4, -0.2) is 34.4 Å². The number of non-ortho nitro benzene ring substituents is 1. The van der Waals surface area contributed by atoms with Gasteiger partial charge < -0.3 is 15.5 Å². The Kier molecular flexibility index (Phi) is 4.84. The van der Waals surface area contributed by atoms with E-state index in [1.54, 1.807) is 12.1 Å². The van der Waals surface area contributed by atoms with E-state index in [9.17, 15) is 10.1 Å². The first kappa shape index (κ1) is 12.6. The summed E-state index contributed by atoms with van der Waals surface area (Å²) >= 11 is 0. The lowest BCUT2D eigenvalue weighted by Gasteiger charge is -2.08. The predicted molar refractivity (Wildman–Crippen MR) is 57.9 cm³/mol. The standard InChI is InChI=1S/C10H14N2O4/c13-7-10(14)6-11-5-8-2-1-3-9(4-8)12(15)16/h1-4,10-11,13-14H,5-7H2/t10-/m1/s1. The molecule has 1 aromatic carbocycles. The molecule has 0 heterocycles. The SMILES string of the molecule is O=[N+]([O-])c1cccc(CNC[C@@H](O)CO)c1. The van der Waals surface area contributed by atoms with E-state index in [0.717, 1.165) is 5.56 Å². The fraction of sp³-hybridized carbons (Fsp3) is 0.400. The summed E-state index contributed by atoms with van der Waals surface area (Å²) in [5, 5.41) is 31.0. The van der Waals surface area contributed by atoms with E-state index in [4.69, 9.17) is 10.2 Å². The summed E-state index contributed by atoms with van der Waals surface area (Å²) in [5.74, 6) is 0. The molecule has 6 nitrogen and oxygen atoms in total. The molecule has 0 aliphatic heterocycles. The fourth-order valence-electron chi connectivity index (χ4n) is 1.23. The molecule has 0 spiro atoms. The van der Waals surface area contributed by atoms with Gasteiger partial charge in [-0.15, -0.1) is 0 Å². The lowest BCUT2D eigenvalue weighted by atomic mass is 10.2. The van der Waals surface area contributed by atoms with Gasteiger partial charge in [0.2, 0.25) is 0 Å². The first-order valence-corrected chi connectivity index (χ1v) is 4.86. The molecule has 0 unspecified atom stereocenters. The first-order valence-electron chi connectivity index (χ1n) is 4.86. The van der Waals surface area contributed by atoms with Crippen molar-refractivity contribution >= 4 is 5.69 Å². The summed E-state index contributed by atoms with van der Waals surface area (Å²) in [6.45, 7) is 0.361. The van der Waals surface area contributed by atoms with Crippen LogP contribution in [0.2, 0.25) is 0 Å². The van der Waals surface area contributed by atoms with Gasteiger partial charge in [0.15, 0.2) is 0 Å². The number of nitro benzene ring substituents is 1. The van der Waals surface area contributed by atoms with Crippen LogP contribution in [0.15, 0.2) is 24.3 Å². The smallest absolute Gasteiger partial charge is 0.269 e. The number of rotatable bonds is 6. The summed E-state index contributed by atoms with van der Waals surface area (Å²) in [7, 11) is 0. The molecule has 88 valence electrons. The van der Waals surface area contributed by atoms with Crippen molar-refractivity contribution in [2.45, 2.75) is 12.6 Å². The Hall–Kier alpha value is -1.50. The predicted octanol–water partition coefficient (Wildman–Crippen LogP) is 0.0376. The highest BCUT2D eigenvalue weighted by molar-refractivity contribution is 5.34. The van der Waals surface area contributed by atoms with Gasteiger partial charge in [0.25, 0.3) is 5.69 Å². The number of nitrogens with zero attached hydrogens (tertiary/aromatic N) is 1. The average Bonchev–Trinajstić information content (AvgIpc) is 2.29. The van der Waals surface area contributed by atoms with Crippen molar-refractivity contribution < 1.29 is 15.1 Å². The summed E-state index contributed by atoms with van der Waals surface area (Å²) in [6, 6.07) is 6.26. The van der Waals surface area contributed by atoms with Crippen LogP contribution >= 0.6 is 0 Å². The Bertz CT molecular complexity index is 356. The highest BCUT2D eigenvalue weighted by Gasteiger charge is 2.06. The Morgan fingerprint density at radius 2 is 2.25 bits per heavy atom. The van der Waals surface area contributed by atoms with Gasteiger partial charge in [-0.05, 0) is 5.56 Å². The second kappa shape index (κ2) is 6.16. The lowest BCUT2D eigenvalue weighted by molar-refractivity contribution is -0.384. The van der Waals surface area contributed by atoms with E-state index in [1.807, 2.05) is 0 Å². The molecule has 1 rings (SSSR count). The van der Waals surface area contributed by atoms with Crippen molar-refractivity contribution in [1.29, 1.82) is 0 Å². The van der Waals surface area contributed by atoms with Gasteiger partial charge in [-0.3, -0.25) is 10.1 Å². The number of hydrogen-bond donors (Lipinski definition) is 3. The maximum absolute atomic E-state index is 10.5. The molecule has 0 radical (unpaired) electrons. The van der Waals surface area contributed by atoms with Crippen LogP contribution in [0.25, 0.3) is 0 Å². The highest BCUT2D eigenvalue weighted by atomic mass is 16.6. The molecule has 0 aliphatic rings. The number of aliphatic hydroxyl groups excluding tert-OH is 2. The average molecular weight is 226 g/mol. The minimum atomic E-state index is -0.807. The molecule has 0 saturated carbocycles. The topological polar surface area (TPSA) is 95.6 Å². The summed E-state index contributed by atoms with van der Waals surface area (Å²) in [6.07, 6.45) is -0.807. The molecule has 0 bridgehead atoms. The zero-order chi connectivity index (χ0) is 12.0. The quantitative estimate of drug-likeness (QED) is 0.470. The maximum Gasteiger partial charge on any atom is 0.269 e. The van der Waals surface area contributed by atoms with Crippen molar-refractivity contribution in [2.75, 3.05) is 13.2 Å². The molecule has 0 saturated heterocycles. The second-order valence-electron chi connectivity index (χ2n) is 3.39. The second-order valence-corrected chi connectivity index (χ2v) is 3.39. The number of benzene rings is 1. The van der Waals surface area contributed by atoms with Gasteiger partial charge >= 0.3 is 0 Å².